The van der Waals surface area contributed by atoms with Crippen LogP contribution in [0, 0.1) is 0 Å². The van der Waals surface area contributed by atoms with Crippen LogP contribution in [0.5, 0.6) is 0 Å². The van der Waals surface area contributed by atoms with E-state index in [1.165, 1.54) is 11.1 Å². The van der Waals surface area contributed by atoms with Crippen molar-refractivity contribution in [3.05, 3.63) is 71.2 Å². The van der Waals surface area contributed by atoms with Crippen LogP contribution in [0.1, 0.15) is 10.6 Å². The Bertz CT molecular complexity index is 904. The average molecular weight is 383 g/mol. The highest BCUT2D eigenvalue weighted by Gasteiger charge is 2.07. The topological polar surface area (TPSA) is 57.3 Å². The number of thiazole rings is 1. The van der Waals surface area contributed by atoms with Gasteiger partial charge in [-0.1, -0.05) is 42.5 Å². The lowest BCUT2D eigenvalue weighted by atomic mass is 10.2. The van der Waals surface area contributed by atoms with Crippen molar-refractivity contribution in [3.63, 3.8) is 0 Å². The summed E-state index contributed by atoms with van der Waals surface area (Å²) in [4.78, 5) is 16.5. The van der Waals surface area contributed by atoms with Crippen LogP contribution in [0.3, 0.4) is 0 Å². The van der Waals surface area contributed by atoms with Gasteiger partial charge in [-0.25, -0.2) is 4.98 Å². The number of thiocarbonyl (C=S) groups is 1. The Morgan fingerprint density at radius 2 is 1.92 bits per heavy atom. The van der Waals surface area contributed by atoms with Crippen LogP contribution in [-0.4, -0.2) is 28.1 Å². The minimum atomic E-state index is -0.268. The number of hydrogen-bond donors (Lipinski definition) is 2. The summed E-state index contributed by atoms with van der Waals surface area (Å²) in [5.74, 6) is -0.268. The molecule has 0 saturated carbocycles. The molecule has 0 unspecified atom stereocenters. The minimum absolute atomic E-state index is 0.268. The van der Waals surface area contributed by atoms with Gasteiger partial charge < -0.3 is 5.32 Å². The van der Waals surface area contributed by atoms with E-state index in [4.69, 9.17) is 12.2 Å². The Morgan fingerprint density at radius 1 is 1.19 bits per heavy atom. The highest BCUT2D eigenvalue weighted by atomic mass is 32.1. The van der Waals surface area contributed by atoms with Gasteiger partial charge in [0.2, 0.25) is 0 Å². The highest BCUT2D eigenvalue weighted by Crippen LogP contribution is 2.22. The zero-order valence-corrected chi connectivity index (χ0v) is 15.8. The maximum absolute atomic E-state index is 12.1. The number of carbonyl (C=O) groups is 1. The Balaban J connectivity index is 1.50. The SMILES string of the molecule is CN(NC(=O)/C=C/c1nc2ccccc2s1)C(=S)NCc1ccccc1. The molecule has 0 saturated heterocycles. The lowest BCUT2D eigenvalue weighted by molar-refractivity contribution is -0.119. The molecule has 0 aliphatic rings. The van der Waals surface area contributed by atoms with E-state index in [-0.39, 0.29) is 5.91 Å². The van der Waals surface area contributed by atoms with Crippen molar-refractivity contribution in [2.24, 2.45) is 0 Å². The summed E-state index contributed by atoms with van der Waals surface area (Å²) in [5, 5.41) is 5.82. The molecular formula is C19H18N4OS2. The number of aromatic nitrogens is 1. The van der Waals surface area contributed by atoms with E-state index < -0.39 is 0 Å². The van der Waals surface area contributed by atoms with Crippen molar-refractivity contribution < 1.29 is 4.79 Å². The number of hydrogen-bond acceptors (Lipinski definition) is 4. The van der Waals surface area contributed by atoms with Crippen molar-refractivity contribution in [3.8, 4) is 0 Å². The number of rotatable bonds is 4. The molecular weight excluding hydrogens is 364 g/mol. The molecule has 0 spiro atoms. The van der Waals surface area contributed by atoms with Crippen LogP contribution in [0.25, 0.3) is 16.3 Å². The van der Waals surface area contributed by atoms with Crippen LogP contribution in [-0.2, 0) is 11.3 Å². The molecule has 1 aromatic heterocycles. The summed E-state index contributed by atoms with van der Waals surface area (Å²) in [7, 11) is 1.70. The van der Waals surface area contributed by atoms with E-state index >= 15 is 0 Å². The largest absolute Gasteiger partial charge is 0.357 e. The van der Waals surface area contributed by atoms with Crippen LogP contribution >= 0.6 is 23.6 Å². The molecule has 2 aromatic carbocycles. The summed E-state index contributed by atoms with van der Waals surface area (Å²) < 4.78 is 1.09. The van der Waals surface area contributed by atoms with Crippen molar-refractivity contribution in [1.29, 1.82) is 0 Å². The van der Waals surface area contributed by atoms with Gasteiger partial charge in [0.15, 0.2) is 5.11 Å². The second-order valence-electron chi connectivity index (χ2n) is 5.53. The number of nitrogens with zero attached hydrogens (tertiary/aromatic N) is 2. The first-order chi connectivity index (χ1) is 12.6. The molecule has 1 heterocycles. The Morgan fingerprint density at radius 3 is 2.69 bits per heavy atom. The summed E-state index contributed by atoms with van der Waals surface area (Å²) in [5.41, 5.74) is 4.75. The van der Waals surface area contributed by atoms with Gasteiger partial charge in [-0.05, 0) is 36.0 Å². The lowest BCUT2D eigenvalue weighted by Crippen LogP contribution is -2.47. The Labute approximate surface area is 161 Å². The average Bonchev–Trinajstić information content (AvgIpc) is 3.08. The van der Waals surface area contributed by atoms with Crippen LogP contribution in [0.4, 0.5) is 0 Å². The van der Waals surface area contributed by atoms with Gasteiger partial charge in [-0.2, -0.15) is 0 Å². The maximum atomic E-state index is 12.1. The zero-order valence-electron chi connectivity index (χ0n) is 14.2. The standard InChI is InChI=1S/C19H18N4OS2/c1-23(19(25)20-13-14-7-3-2-4-8-14)22-17(24)11-12-18-21-15-9-5-6-10-16(15)26-18/h2-12H,13H2,1H3,(H,20,25)(H,22,24)/b12-11+. The van der Waals surface area contributed by atoms with Crippen LogP contribution < -0.4 is 10.7 Å². The van der Waals surface area contributed by atoms with E-state index in [1.54, 1.807) is 24.5 Å². The van der Waals surface area contributed by atoms with Crippen molar-refractivity contribution >= 4 is 50.9 Å². The molecule has 5 nitrogen and oxygen atoms in total. The smallest absolute Gasteiger partial charge is 0.262 e. The molecule has 3 rings (SSSR count). The van der Waals surface area contributed by atoms with Gasteiger partial charge in [-0.15, -0.1) is 11.3 Å². The van der Waals surface area contributed by atoms with E-state index in [2.05, 4.69) is 15.7 Å². The number of nitrogens with one attached hydrogen (secondary N) is 2. The molecule has 2 N–H and O–H groups in total. The first kappa shape index (κ1) is 18.0. The molecule has 3 aromatic rings. The van der Waals surface area contributed by atoms with E-state index in [0.29, 0.717) is 11.7 Å². The second-order valence-corrected chi connectivity index (χ2v) is 6.98. The number of fused-ring (bicyclic) bond motifs is 1. The molecule has 0 aliphatic carbocycles. The third-order valence-corrected chi connectivity index (χ3v) is 4.98. The van der Waals surface area contributed by atoms with Gasteiger partial charge in [0.1, 0.15) is 5.01 Å². The zero-order chi connectivity index (χ0) is 18.4. The van der Waals surface area contributed by atoms with Gasteiger partial charge in [0.25, 0.3) is 5.91 Å². The molecule has 1 amide bonds. The molecule has 0 fully saturated rings. The fourth-order valence-electron chi connectivity index (χ4n) is 2.25. The monoisotopic (exact) mass is 382 g/mol. The first-order valence-electron chi connectivity index (χ1n) is 8.01. The second kappa shape index (κ2) is 8.55. The Hall–Kier alpha value is -2.77. The van der Waals surface area contributed by atoms with Crippen molar-refractivity contribution in [2.75, 3.05) is 7.05 Å². The van der Waals surface area contributed by atoms with Crippen LogP contribution in [0.15, 0.2) is 60.7 Å². The molecule has 132 valence electrons. The fraction of sp³-hybridized carbons (Fsp3) is 0.105. The number of amides is 1. The molecule has 0 aliphatic heterocycles. The Kier molecular flexibility index (Phi) is 5.93. The predicted octanol–water partition coefficient (Wildman–Crippen LogP) is 3.35. The predicted molar refractivity (Wildman–Crippen MR) is 110 cm³/mol. The number of para-hydroxylation sites is 1. The van der Waals surface area contributed by atoms with Crippen molar-refractivity contribution in [2.45, 2.75) is 6.54 Å². The summed E-state index contributed by atoms with van der Waals surface area (Å²) in [6, 6.07) is 17.8. The van der Waals surface area contributed by atoms with E-state index in [1.807, 2.05) is 54.6 Å². The van der Waals surface area contributed by atoms with Crippen molar-refractivity contribution in [1.82, 2.24) is 20.7 Å². The molecule has 0 radical (unpaired) electrons. The summed E-state index contributed by atoms with van der Waals surface area (Å²) in [6.45, 7) is 0.599. The number of benzene rings is 2. The third-order valence-electron chi connectivity index (χ3n) is 3.56. The molecule has 7 heteroatoms. The van der Waals surface area contributed by atoms with E-state index in [0.717, 1.165) is 20.8 Å². The van der Waals surface area contributed by atoms with Gasteiger partial charge in [0, 0.05) is 19.7 Å². The van der Waals surface area contributed by atoms with E-state index in [9.17, 15) is 4.79 Å². The molecule has 26 heavy (non-hydrogen) atoms. The third kappa shape index (κ3) is 4.87. The quantitative estimate of drug-likeness (QED) is 0.412. The molecule has 0 bridgehead atoms. The highest BCUT2D eigenvalue weighted by molar-refractivity contribution is 7.80. The summed E-state index contributed by atoms with van der Waals surface area (Å²) in [6.07, 6.45) is 3.16. The number of hydrazine groups is 1. The minimum Gasteiger partial charge on any atom is -0.357 e. The fourth-order valence-corrected chi connectivity index (χ4v) is 3.24. The van der Waals surface area contributed by atoms with Gasteiger partial charge >= 0.3 is 0 Å². The first-order valence-corrected chi connectivity index (χ1v) is 9.24. The number of carbonyl (C=O) groups excluding carboxylic acids is 1. The maximum Gasteiger partial charge on any atom is 0.262 e. The summed E-state index contributed by atoms with van der Waals surface area (Å²) >= 11 is 6.82. The molecule has 0 atom stereocenters. The normalized spacial score (nSPS) is 10.8. The lowest BCUT2D eigenvalue weighted by Gasteiger charge is -2.20. The van der Waals surface area contributed by atoms with Gasteiger partial charge in [-0.3, -0.25) is 15.2 Å². The van der Waals surface area contributed by atoms with Gasteiger partial charge in [0.05, 0.1) is 10.2 Å². The van der Waals surface area contributed by atoms with Crippen LogP contribution in [0.2, 0.25) is 0 Å².